The number of carbonyl (C=O) groups excluding carboxylic acids is 2. The first-order valence-corrected chi connectivity index (χ1v) is 7.44. The van der Waals surface area contributed by atoms with Crippen molar-refractivity contribution in [2.45, 2.75) is 25.3 Å². The maximum absolute atomic E-state index is 12.1. The molecule has 1 rings (SSSR count). The second kappa shape index (κ2) is 10.5. The Hall–Kier alpha value is -1.18. The molecular formula is C14H27N3O4. The first-order chi connectivity index (χ1) is 10.2. The minimum absolute atomic E-state index is 0.0822. The number of ether oxygens (including phenoxy) is 2. The van der Waals surface area contributed by atoms with E-state index in [9.17, 15) is 9.59 Å². The van der Waals surface area contributed by atoms with Gasteiger partial charge in [0.2, 0.25) is 11.8 Å². The number of rotatable bonds is 9. The summed E-state index contributed by atoms with van der Waals surface area (Å²) in [6.07, 6.45) is 2.61. The molecule has 1 fully saturated rings. The average Bonchev–Trinajstić information content (AvgIpc) is 2.67. The first-order valence-electron chi connectivity index (χ1n) is 7.44. The molecule has 1 heterocycles. The molecule has 7 heteroatoms. The molecule has 0 saturated carbocycles. The lowest BCUT2D eigenvalue weighted by atomic mass is 10.1. The Morgan fingerprint density at radius 2 is 1.95 bits per heavy atom. The van der Waals surface area contributed by atoms with Gasteiger partial charge in [-0.25, -0.2) is 0 Å². The van der Waals surface area contributed by atoms with Crippen molar-refractivity contribution in [2.75, 3.05) is 53.6 Å². The van der Waals surface area contributed by atoms with Gasteiger partial charge in [0.15, 0.2) is 0 Å². The zero-order valence-corrected chi connectivity index (χ0v) is 13.0. The number of hydrogen-bond acceptors (Lipinski definition) is 5. The maximum atomic E-state index is 12.1. The molecule has 0 aliphatic carbocycles. The maximum Gasteiger partial charge on any atom is 0.242 e. The van der Waals surface area contributed by atoms with Crippen LogP contribution in [0.1, 0.15) is 19.3 Å². The van der Waals surface area contributed by atoms with Crippen molar-refractivity contribution >= 4 is 11.8 Å². The molecular weight excluding hydrogens is 274 g/mol. The smallest absolute Gasteiger partial charge is 0.242 e. The van der Waals surface area contributed by atoms with Crippen LogP contribution in [0.5, 0.6) is 0 Å². The van der Waals surface area contributed by atoms with E-state index >= 15 is 0 Å². The molecule has 7 nitrogen and oxygen atoms in total. The van der Waals surface area contributed by atoms with Crippen LogP contribution < -0.4 is 10.6 Å². The van der Waals surface area contributed by atoms with Gasteiger partial charge in [0.05, 0.1) is 19.8 Å². The van der Waals surface area contributed by atoms with Crippen LogP contribution in [0.2, 0.25) is 0 Å². The molecule has 0 radical (unpaired) electrons. The molecule has 0 aromatic rings. The third-order valence-electron chi connectivity index (χ3n) is 3.46. The van der Waals surface area contributed by atoms with Crippen LogP contribution >= 0.6 is 0 Å². The fraction of sp³-hybridized carbons (Fsp3) is 0.857. The van der Waals surface area contributed by atoms with E-state index in [1.165, 1.54) is 0 Å². The molecule has 0 spiro atoms. The van der Waals surface area contributed by atoms with E-state index in [0.717, 1.165) is 12.8 Å². The van der Waals surface area contributed by atoms with Crippen LogP contribution in [-0.4, -0.2) is 76.4 Å². The van der Waals surface area contributed by atoms with Crippen molar-refractivity contribution in [3.8, 4) is 0 Å². The molecule has 1 aliphatic rings. The van der Waals surface area contributed by atoms with E-state index in [-0.39, 0.29) is 18.4 Å². The number of methoxy groups -OCH3 is 2. The highest BCUT2D eigenvalue weighted by Crippen LogP contribution is 2.05. The van der Waals surface area contributed by atoms with Gasteiger partial charge >= 0.3 is 0 Å². The number of nitrogens with zero attached hydrogens (tertiary/aromatic N) is 1. The van der Waals surface area contributed by atoms with E-state index in [1.54, 1.807) is 14.2 Å². The Balaban J connectivity index is 2.41. The van der Waals surface area contributed by atoms with Gasteiger partial charge in [-0.2, -0.15) is 0 Å². The highest BCUT2D eigenvalue weighted by Gasteiger charge is 2.23. The molecule has 1 aliphatic heterocycles. The van der Waals surface area contributed by atoms with Crippen molar-refractivity contribution in [3.63, 3.8) is 0 Å². The normalized spacial score (nSPS) is 19.2. The topological polar surface area (TPSA) is 79.9 Å². The molecule has 1 unspecified atom stereocenters. The molecule has 1 atom stereocenters. The van der Waals surface area contributed by atoms with Gasteiger partial charge in [-0.15, -0.1) is 0 Å². The summed E-state index contributed by atoms with van der Waals surface area (Å²) in [6.45, 7) is 3.37. The SMILES string of the molecule is COCCN(CCOC)CC(=O)NC1CCCCNC1=O. The van der Waals surface area contributed by atoms with Crippen LogP contribution in [0.4, 0.5) is 0 Å². The van der Waals surface area contributed by atoms with Crippen LogP contribution in [0.15, 0.2) is 0 Å². The molecule has 1 saturated heterocycles. The van der Waals surface area contributed by atoms with Gasteiger partial charge in [-0.05, 0) is 19.3 Å². The van der Waals surface area contributed by atoms with Gasteiger partial charge < -0.3 is 20.1 Å². The lowest BCUT2D eigenvalue weighted by molar-refractivity contribution is -0.129. The zero-order chi connectivity index (χ0) is 15.5. The summed E-state index contributed by atoms with van der Waals surface area (Å²) >= 11 is 0. The predicted octanol–water partition coefficient (Wildman–Crippen LogP) is -0.634. The van der Waals surface area contributed by atoms with Gasteiger partial charge in [0.1, 0.15) is 6.04 Å². The highest BCUT2D eigenvalue weighted by molar-refractivity contribution is 5.88. The standard InChI is InChI=1S/C14H27N3O4/c1-20-9-7-17(8-10-21-2)11-13(18)16-12-5-3-4-6-15-14(12)19/h12H,3-11H2,1-2H3,(H,15,19)(H,16,18). The monoisotopic (exact) mass is 301 g/mol. The summed E-state index contributed by atoms with van der Waals surface area (Å²) in [5.74, 6) is -0.217. The fourth-order valence-corrected chi connectivity index (χ4v) is 2.23. The van der Waals surface area contributed by atoms with E-state index in [4.69, 9.17) is 9.47 Å². The Morgan fingerprint density at radius 3 is 2.57 bits per heavy atom. The fourth-order valence-electron chi connectivity index (χ4n) is 2.23. The molecule has 2 amide bonds. The summed E-state index contributed by atoms with van der Waals surface area (Å²) in [5.41, 5.74) is 0. The van der Waals surface area contributed by atoms with Crippen LogP contribution in [0.3, 0.4) is 0 Å². The van der Waals surface area contributed by atoms with E-state index in [2.05, 4.69) is 10.6 Å². The first kappa shape index (κ1) is 17.9. The third kappa shape index (κ3) is 7.40. The van der Waals surface area contributed by atoms with Crippen molar-refractivity contribution in [3.05, 3.63) is 0 Å². The van der Waals surface area contributed by atoms with Crippen LogP contribution in [0, 0.1) is 0 Å². The van der Waals surface area contributed by atoms with Gasteiger partial charge in [0.25, 0.3) is 0 Å². The minimum atomic E-state index is -0.410. The summed E-state index contributed by atoms with van der Waals surface area (Å²) in [5, 5.41) is 5.63. The molecule has 21 heavy (non-hydrogen) atoms. The van der Waals surface area contributed by atoms with Crippen molar-refractivity contribution in [1.29, 1.82) is 0 Å². The predicted molar refractivity (Wildman–Crippen MR) is 79.0 cm³/mol. The lowest BCUT2D eigenvalue weighted by Crippen LogP contribution is -2.49. The average molecular weight is 301 g/mol. The van der Waals surface area contributed by atoms with Gasteiger partial charge in [-0.1, -0.05) is 0 Å². The number of nitrogens with one attached hydrogen (secondary N) is 2. The summed E-state index contributed by atoms with van der Waals surface area (Å²) < 4.78 is 10.1. The molecule has 122 valence electrons. The summed E-state index contributed by atoms with van der Waals surface area (Å²) in [7, 11) is 3.26. The highest BCUT2D eigenvalue weighted by atomic mass is 16.5. The molecule has 0 aromatic heterocycles. The van der Waals surface area contributed by atoms with Crippen molar-refractivity contribution < 1.29 is 19.1 Å². The Kier molecular flexibility index (Phi) is 8.96. The minimum Gasteiger partial charge on any atom is -0.383 e. The third-order valence-corrected chi connectivity index (χ3v) is 3.46. The molecule has 0 aromatic carbocycles. The number of amides is 2. The second-order valence-electron chi connectivity index (χ2n) is 5.17. The zero-order valence-electron chi connectivity index (χ0n) is 13.0. The summed E-state index contributed by atoms with van der Waals surface area (Å²) in [6, 6.07) is -0.410. The van der Waals surface area contributed by atoms with E-state index in [1.807, 2.05) is 4.90 Å². The van der Waals surface area contributed by atoms with Crippen molar-refractivity contribution in [2.24, 2.45) is 0 Å². The Labute approximate surface area is 126 Å². The number of carbonyl (C=O) groups is 2. The second-order valence-corrected chi connectivity index (χ2v) is 5.17. The largest absolute Gasteiger partial charge is 0.383 e. The van der Waals surface area contributed by atoms with E-state index in [0.29, 0.717) is 39.3 Å². The quantitative estimate of drug-likeness (QED) is 0.592. The Morgan fingerprint density at radius 1 is 1.29 bits per heavy atom. The number of hydrogen-bond donors (Lipinski definition) is 2. The summed E-state index contributed by atoms with van der Waals surface area (Å²) in [4.78, 5) is 25.8. The molecule has 2 N–H and O–H groups in total. The van der Waals surface area contributed by atoms with Crippen molar-refractivity contribution in [1.82, 2.24) is 15.5 Å². The molecule has 0 bridgehead atoms. The Bertz CT molecular complexity index is 317. The lowest BCUT2D eigenvalue weighted by Gasteiger charge is -2.22. The van der Waals surface area contributed by atoms with Gasteiger partial charge in [0, 0.05) is 33.9 Å². The van der Waals surface area contributed by atoms with Crippen LogP contribution in [0.25, 0.3) is 0 Å². The van der Waals surface area contributed by atoms with E-state index < -0.39 is 6.04 Å². The van der Waals surface area contributed by atoms with Crippen LogP contribution in [-0.2, 0) is 19.1 Å². The van der Waals surface area contributed by atoms with Gasteiger partial charge in [-0.3, -0.25) is 14.5 Å².